The summed E-state index contributed by atoms with van der Waals surface area (Å²) in [7, 11) is 1.52. The number of aromatic hydroxyl groups is 1. The molecule has 0 radical (unpaired) electrons. The first kappa shape index (κ1) is 29.9. The highest BCUT2D eigenvalue weighted by molar-refractivity contribution is 6.22. The van der Waals surface area contributed by atoms with Crippen LogP contribution in [0.3, 0.4) is 0 Å². The molecule has 3 aliphatic rings. The maximum Gasteiger partial charge on any atom is 0.201 e. The van der Waals surface area contributed by atoms with Crippen LogP contribution in [-0.4, -0.2) is 70.2 Å². The van der Waals surface area contributed by atoms with Crippen molar-refractivity contribution >= 4 is 17.1 Å². The number of hydrogen-bond acceptors (Lipinski definition) is 9. The third-order valence-corrected chi connectivity index (χ3v) is 8.20. The predicted octanol–water partition coefficient (Wildman–Crippen LogP) is 2.43. The summed E-state index contributed by atoms with van der Waals surface area (Å²) in [6, 6.07) is 5.06. The molecule has 2 aromatic carbocycles. The zero-order chi connectivity index (χ0) is 29.3. The van der Waals surface area contributed by atoms with Crippen molar-refractivity contribution in [2.75, 3.05) is 13.7 Å². The molecule has 0 saturated carbocycles. The van der Waals surface area contributed by atoms with Crippen molar-refractivity contribution in [3.63, 3.8) is 0 Å². The third kappa shape index (κ3) is 5.32. The molecule has 1 saturated heterocycles. The number of nitrogens with two attached hydrogens (primary N) is 1. The van der Waals surface area contributed by atoms with Gasteiger partial charge in [-0.05, 0) is 66.5 Å². The molecular formula is C31H39NO8. The quantitative estimate of drug-likeness (QED) is 0.320. The number of hydrogen-bond donors (Lipinski definition) is 5. The van der Waals surface area contributed by atoms with Gasteiger partial charge in [0, 0.05) is 23.9 Å². The molecule has 5 atom stereocenters. The van der Waals surface area contributed by atoms with Gasteiger partial charge in [-0.15, -0.1) is 0 Å². The molecule has 6 N–H and O–H groups in total. The van der Waals surface area contributed by atoms with Gasteiger partial charge < -0.3 is 35.6 Å². The van der Waals surface area contributed by atoms with Crippen LogP contribution in [0.2, 0.25) is 0 Å². The number of methoxy groups -OCH3 is 1. The van der Waals surface area contributed by atoms with Crippen LogP contribution in [0.4, 0.5) is 0 Å². The number of carbonyl (C=O) groups is 2. The Morgan fingerprint density at radius 2 is 1.93 bits per heavy atom. The van der Waals surface area contributed by atoms with E-state index in [1.807, 2.05) is 12.1 Å². The molecule has 5 rings (SSSR count). The van der Waals surface area contributed by atoms with Crippen LogP contribution < -0.4 is 10.5 Å². The van der Waals surface area contributed by atoms with E-state index in [1.54, 1.807) is 13.0 Å². The van der Waals surface area contributed by atoms with Gasteiger partial charge in [0.1, 0.15) is 18.1 Å². The standard InChI is InChI=1S/C25H26O5.C6H13NO3/c1-4-6-16-18-11-14(19(27)12-26)9-10-17(18)24(28)23-21(16)13(2)15-7-5-8-20(30-3)22(15)25(23)29;1-3-6(9)4(7)2-5(8)10-3/h5,7-8,14,26,28H,2,4,6,9-12H2,1,3H3;3-6,8-9H,2,7H2,1H3. The summed E-state index contributed by atoms with van der Waals surface area (Å²) in [5.41, 5.74) is 11.0. The number of rotatable bonds is 5. The lowest BCUT2D eigenvalue weighted by atomic mass is 9.71. The fraction of sp³-hybridized carbons (Fsp3) is 0.484. The lowest BCUT2D eigenvalue weighted by Gasteiger charge is -2.33. The molecule has 2 aliphatic carbocycles. The van der Waals surface area contributed by atoms with Crippen LogP contribution in [-0.2, 0) is 28.8 Å². The van der Waals surface area contributed by atoms with Crippen molar-refractivity contribution in [3.05, 3.63) is 63.7 Å². The summed E-state index contributed by atoms with van der Waals surface area (Å²) >= 11 is 0. The van der Waals surface area contributed by atoms with Gasteiger partial charge in [0.05, 0.1) is 30.4 Å². The molecule has 1 fully saturated rings. The summed E-state index contributed by atoms with van der Waals surface area (Å²) in [6.45, 7) is 7.56. The number of aliphatic hydroxyl groups is 3. The molecule has 216 valence electrons. The van der Waals surface area contributed by atoms with E-state index < -0.39 is 19.0 Å². The summed E-state index contributed by atoms with van der Waals surface area (Å²) in [4.78, 5) is 25.7. The highest BCUT2D eigenvalue weighted by Crippen LogP contribution is 2.48. The van der Waals surface area contributed by atoms with Crippen LogP contribution in [0.5, 0.6) is 11.5 Å². The van der Waals surface area contributed by atoms with Gasteiger partial charge in [0.15, 0.2) is 12.1 Å². The molecule has 9 heteroatoms. The summed E-state index contributed by atoms with van der Waals surface area (Å²) in [6.07, 6.45) is 1.59. The normalized spacial score (nSPS) is 25.2. The van der Waals surface area contributed by atoms with Crippen LogP contribution in [0, 0.1) is 5.92 Å². The number of phenols is 1. The average Bonchev–Trinajstić information content (AvgIpc) is 2.95. The van der Waals surface area contributed by atoms with Crippen molar-refractivity contribution in [1.82, 2.24) is 0 Å². The lowest BCUT2D eigenvalue weighted by Crippen LogP contribution is -2.51. The molecule has 1 heterocycles. The Kier molecular flexibility index (Phi) is 9.12. The molecule has 1 aliphatic heterocycles. The van der Waals surface area contributed by atoms with Crippen molar-refractivity contribution in [2.24, 2.45) is 11.7 Å². The SMILES string of the molecule is C=C1c2cccc(OC)c2C(=O)c2c(O)c3c(c(CCC)c21)CC(C(=O)CO)CC3.CC1OC(O)CC(N)C1O. The van der Waals surface area contributed by atoms with E-state index in [9.17, 15) is 24.9 Å². The number of aliphatic hydroxyl groups excluding tert-OH is 3. The van der Waals surface area contributed by atoms with Crippen LogP contribution >= 0.6 is 0 Å². The van der Waals surface area contributed by atoms with E-state index >= 15 is 0 Å². The van der Waals surface area contributed by atoms with Crippen LogP contribution in [0.25, 0.3) is 5.57 Å². The Labute approximate surface area is 234 Å². The molecule has 0 spiro atoms. The largest absolute Gasteiger partial charge is 0.507 e. The van der Waals surface area contributed by atoms with E-state index in [2.05, 4.69) is 13.5 Å². The van der Waals surface area contributed by atoms with Crippen molar-refractivity contribution in [1.29, 1.82) is 0 Å². The number of carbonyl (C=O) groups excluding carboxylic acids is 2. The average molecular weight is 554 g/mol. The highest BCUT2D eigenvalue weighted by Gasteiger charge is 2.38. The minimum atomic E-state index is -0.812. The molecule has 2 aromatic rings. The van der Waals surface area contributed by atoms with Crippen molar-refractivity contribution < 1.29 is 39.5 Å². The Morgan fingerprint density at radius 1 is 1.20 bits per heavy atom. The molecule has 0 amide bonds. The topological polar surface area (TPSA) is 160 Å². The van der Waals surface area contributed by atoms with E-state index in [4.69, 9.17) is 20.3 Å². The van der Waals surface area contributed by atoms with E-state index in [-0.39, 0.29) is 35.4 Å². The summed E-state index contributed by atoms with van der Waals surface area (Å²) < 4.78 is 10.3. The molecule has 5 unspecified atom stereocenters. The monoisotopic (exact) mass is 553 g/mol. The smallest absolute Gasteiger partial charge is 0.201 e. The highest BCUT2D eigenvalue weighted by atomic mass is 16.6. The fourth-order valence-electron chi connectivity index (χ4n) is 6.11. The molecule has 0 bridgehead atoms. The van der Waals surface area contributed by atoms with Gasteiger partial charge >= 0.3 is 0 Å². The van der Waals surface area contributed by atoms with E-state index in [1.165, 1.54) is 7.11 Å². The number of ether oxygens (including phenoxy) is 2. The first-order chi connectivity index (χ1) is 19.0. The Bertz CT molecular complexity index is 1310. The minimum absolute atomic E-state index is 0.00235. The second-order valence-electron chi connectivity index (χ2n) is 10.7. The fourth-order valence-corrected chi connectivity index (χ4v) is 6.11. The Hall–Kier alpha value is -3.08. The molecule has 0 aromatic heterocycles. The van der Waals surface area contributed by atoms with Crippen LogP contribution in [0.15, 0.2) is 24.8 Å². The molecular weight excluding hydrogens is 514 g/mol. The number of fused-ring (bicyclic) bond motifs is 3. The Balaban J connectivity index is 0.000000312. The van der Waals surface area contributed by atoms with Gasteiger partial charge in [0.25, 0.3) is 0 Å². The van der Waals surface area contributed by atoms with Crippen molar-refractivity contribution in [2.45, 2.75) is 76.9 Å². The lowest BCUT2D eigenvalue weighted by molar-refractivity contribution is -0.198. The second kappa shape index (κ2) is 12.2. The summed E-state index contributed by atoms with van der Waals surface area (Å²) in [5, 5.41) is 38.7. The number of ketones is 2. The zero-order valence-electron chi connectivity index (χ0n) is 23.3. The Morgan fingerprint density at radius 3 is 2.55 bits per heavy atom. The molecule has 9 nitrogen and oxygen atoms in total. The van der Waals surface area contributed by atoms with Gasteiger partial charge in [-0.2, -0.15) is 0 Å². The number of Topliss-reactive ketones (excluding diaryl/α,β-unsaturated/α-hetero) is 1. The van der Waals surface area contributed by atoms with E-state index in [0.29, 0.717) is 59.3 Å². The van der Waals surface area contributed by atoms with Gasteiger partial charge in [0.2, 0.25) is 5.78 Å². The minimum Gasteiger partial charge on any atom is -0.507 e. The van der Waals surface area contributed by atoms with Gasteiger partial charge in [-0.3, -0.25) is 9.59 Å². The molecule has 40 heavy (non-hydrogen) atoms. The maximum absolute atomic E-state index is 13.5. The predicted molar refractivity (Wildman–Crippen MR) is 149 cm³/mol. The maximum atomic E-state index is 13.5. The van der Waals surface area contributed by atoms with Gasteiger partial charge in [-0.1, -0.05) is 32.1 Å². The second-order valence-corrected chi connectivity index (χ2v) is 10.7. The first-order valence-electron chi connectivity index (χ1n) is 13.8. The van der Waals surface area contributed by atoms with Crippen molar-refractivity contribution in [3.8, 4) is 11.5 Å². The first-order valence-corrected chi connectivity index (χ1v) is 13.8. The van der Waals surface area contributed by atoms with Gasteiger partial charge in [-0.25, -0.2) is 0 Å². The zero-order valence-corrected chi connectivity index (χ0v) is 23.3. The third-order valence-electron chi connectivity index (χ3n) is 8.20. The van der Waals surface area contributed by atoms with Crippen LogP contribution in [0.1, 0.15) is 76.8 Å². The number of benzene rings is 2. The van der Waals surface area contributed by atoms with E-state index in [0.717, 1.165) is 29.5 Å². The summed E-state index contributed by atoms with van der Waals surface area (Å²) in [5.74, 6) is -0.235. The number of phenolic OH excluding ortho intramolecular Hbond substituents is 1.